The van der Waals surface area contributed by atoms with Crippen molar-refractivity contribution in [3.05, 3.63) is 0 Å². The predicted octanol–water partition coefficient (Wildman–Crippen LogP) is -0.542. The van der Waals surface area contributed by atoms with Crippen LogP contribution in [0, 0.1) is 5.92 Å². The van der Waals surface area contributed by atoms with Crippen LogP contribution in [0.3, 0.4) is 0 Å². The summed E-state index contributed by atoms with van der Waals surface area (Å²) >= 11 is 0. The van der Waals surface area contributed by atoms with Crippen LogP contribution in [-0.4, -0.2) is 58.4 Å². The SMILES string of the molecule is CC1CC(C(=O)N2C[C@H](O)C[C@H]2C(=O)O)CO1. The van der Waals surface area contributed by atoms with Crippen LogP contribution < -0.4 is 0 Å². The zero-order valence-corrected chi connectivity index (χ0v) is 9.70. The Labute approximate surface area is 99.2 Å². The molecule has 6 nitrogen and oxygen atoms in total. The molecule has 0 radical (unpaired) electrons. The summed E-state index contributed by atoms with van der Waals surface area (Å²) in [7, 11) is 0. The Morgan fingerprint density at radius 1 is 1.35 bits per heavy atom. The lowest BCUT2D eigenvalue weighted by Gasteiger charge is -2.23. The number of carbonyl (C=O) groups excluding carboxylic acids is 1. The van der Waals surface area contributed by atoms with Crippen LogP contribution in [0.15, 0.2) is 0 Å². The second-order valence-electron chi connectivity index (χ2n) is 4.81. The van der Waals surface area contributed by atoms with Crippen molar-refractivity contribution >= 4 is 11.9 Å². The van der Waals surface area contributed by atoms with Crippen molar-refractivity contribution in [1.29, 1.82) is 0 Å². The molecule has 0 aliphatic carbocycles. The number of nitrogens with zero attached hydrogens (tertiary/aromatic N) is 1. The number of carboxylic acids is 1. The molecule has 0 spiro atoms. The number of aliphatic hydroxyl groups is 1. The predicted molar refractivity (Wildman–Crippen MR) is 57.3 cm³/mol. The van der Waals surface area contributed by atoms with Gasteiger partial charge in [0.05, 0.1) is 24.7 Å². The number of aliphatic carboxylic acids is 1. The number of aliphatic hydroxyl groups excluding tert-OH is 1. The van der Waals surface area contributed by atoms with E-state index in [2.05, 4.69) is 0 Å². The van der Waals surface area contributed by atoms with Gasteiger partial charge < -0.3 is 19.8 Å². The summed E-state index contributed by atoms with van der Waals surface area (Å²) in [6.07, 6.45) is 0.0432. The lowest BCUT2D eigenvalue weighted by Crippen LogP contribution is -2.43. The molecule has 0 bridgehead atoms. The van der Waals surface area contributed by atoms with Crippen LogP contribution in [0.5, 0.6) is 0 Å². The summed E-state index contributed by atoms with van der Waals surface area (Å²) in [5, 5.41) is 18.5. The molecule has 2 rings (SSSR count). The fourth-order valence-corrected chi connectivity index (χ4v) is 2.52. The van der Waals surface area contributed by atoms with E-state index in [-0.39, 0.29) is 30.9 Å². The highest BCUT2D eigenvalue weighted by Gasteiger charge is 2.42. The first-order valence-electron chi connectivity index (χ1n) is 5.82. The summed E-state index contributed by atoms with van der Waals surface area (Å²) in [5.41, 5.74) is 0. The van der Waals surface area contributed by atoms with Crippen LogP contribution in [0.1, 0.15) is 19.8 Å². The van der Waals surface area contributed by atoms with Gasteiger partial charge in [0.25, 0.3) is 0 Å². The maximum atomic E-state index is 12.1. The highest BCUT2D eigenvalue weighted by molar-refractivity contribution is 5.86. The number of carbonyl (C=O) groups is 2. The molecule has 0 aromatic carbocycles. The molecule has 6 heteroatoms. The number of ether oxygens (including phenoxy) is 1. The molecular formula is C11H17NO5. The van der Waals surface area contributed by atoms with Crippen molar-refractivity contribution in [2.24, 2.45) is 5.92 Å². The summed E-state index contributed by atoms with van der Waals surface area (Å²) in [5.74, 6) is -1.53. The van der Waals surface area contributed by atoms with Crippen LogP contribution in [-0.2, 0) is 14.3 Å². The van der Waals surface area contributed by atoms with E-state index >= 15 is 0 Å². The number of hydrogen-bond donors (Lipinski definition) is 2. The maximum Gasteiger partial charge on any atom is 0.326 e. The molecular weight excluding hydrogens is 226 g/mol. The Morgan fingerprint density at radius 2 is 2.06 bits per heavy atom. The first-order chi connectivity index (χ1) is 7.99. The van der Waals surface area contributed by atoms with Gasteiger partial charge in [-0.1, -0.05) is 0 Å². The average Bonchev–Trinajstić information content (AvgIpc) is 2.83. The third-order valence-corrected chi connectivity index (χ3v) is 3.39. The van der Waals surface area contributed by atoms with Gasteiger partial charge in [0, 0.05) is 13.0 Å². The molecule has 0 saturated carbocycles. The second-order valence-corrected chi connectivity index (χ2v) is 4.81. The van der Waals surface area contributed by atoms with Crippen LogP contribution in [0.25, 0.3) is 0 Å². The lowest BCUT2D eigenvalue weighted by molar-refractivity contribution is -0.149. The lowest BCUT2D eigenvalue weighted by atomic mass is 10.0. The maximum absolute atomic E-state index is 12.1. The van der Waals surface area contributed by atoms with E-state index in [1.807, 2.05) is 6.92 Å². The highest BCUT2D eigenvalue weighted by atomic mass is 16.5. The molecule has 0 aromatic rings. The number of carboxylic acid groups (broad SMARTS) is 1. The third-order valence-electron chi connectivity index (χ3n) is 3.39. The zero-order chi connectivity index (χ0) is 12.6. The number of hydrogen-bond acceptors (Lipinski definition) is 4. The Morgan fingerprint density at radius 3 is 2.59 bits per heavy atom. The highest BCUT2D eigenvalue weighted by Crippen LogP contribution is 2.26. The van der Waals surface area contributed by atoms with E-state index in [0.717, 1.165) is 0 Å². The van der Waals surface area contributed by atoms with Crippen LogP contribution in [0.2, 0.25) is 0 Å². The minimum atomic E-state index is -1.05. The smallest absolute Gasteiger partial charge is 0.326 e. The van der Waals surface area contributed by atoms with E-state index in [4.69, 9.17) is 9.84 Å². The molecule has 17 heavy (non-hydrogen) atoms. The number of likely N-dealkylation sites (tertiary alicyclic amines) is 1. The van der Waals surface area contributed by atoms with Gasteiger partial charge in [-0.25, -0.2) is 4.79 Å². The van der Waals surface area contributed by atoms with Gasteiger partial charge in [-0.05, 0) is 13.3 Å². The van der Waals surface area contributed by atoms with Crippen LogP contribution in [0.4, 0.5) is 0 Å². The third kappa shape index (κ3) is 2.42. The number of rotatable bonds is 2. The first-order valence-corrected chi connectivity index (χ1v) is 5.82. The van der Waals surface area contributed by atoms with Crippen molar-refractivity contribution in [1.82, 2.24) is 4.90 Å². The minimum absolute atomic E-state index is 0.0414. The van der Waals surface area contributed by atoms with E-state index < -0.39 is 18.1 Å². The van der Waals surface area contributed by atoms with Crippen molar-refractivity contribution in [2.45, 2.75) is 38.0 Å². The van der Waals surface area contributed by atoms with E-state index in [0.29, 0.717) is 13.0 Å². The Balaban J connectivity index is 2.05. The Hall–Kier alpha value is -1.14. The van der Waals surface area contributed by atoms with E-state index in [1.54, 1.807) is 0 Å². The van der Waals surface area contributed by atoms with Crippen molar-refractivity contribution in [3.63, 3.8) is 0 Å². The standard InChI is InChI=1S/C11H17NO5/c1-6-2-7(5-17-6)10(14)12-4-8(13)3-9(12)11(15)16/h6-9,13H,2-5H2,1H3,(H,15,16)/t6?,7?,8-,9+/m1/s1. The van der Waals surface area contributed by atoms with Gasteiger partial charge in [0.15, 0.2) is 0 Å². The van der Waals surface area contributed by atoms with Gasteiger partial charge in [0.1, 0.15) is 6.04 Å². The summed E-state index contributed by atoms with van der Waals surface area (Å²) in [4.78, 5) is 24.4. The van der Waals surface area contributed by atoms with E-state index in [1.165, 1.54) is 4.90 Å². The fraction of sp³-hybridized carbons (Fsp3) is 0.818. The molecule has 2 heterocycles. The summed E-state index contributed by atoms with van der Waals surface area (Å²) in [6, 6.07) is -0.895. The zero-order valence-electron chi connectivity index (χ0n) is 9.70. The molecule has 4 atom stereocenters. The first kappa shape index (κ1) is 12.3. The molecule has 2 unspecified atom stereocenters. The summed E-state index contributed by atoms with van der Waals surface area (Å²) in [6.45, 7) is 2.35. The molecule has 2 saturated heterocycles. The van der Waals surface area contributed by atoms with Gasteiger partial charge in [-0.2, -0.15) is 0 Å². The Kier molecular flexibility index (Phi) is 3.35. The topological polar surface area (TPSA) is 87.1 Å². The van der Waals surface area contributed by atoms with Gasteiger partial charge >= 0.3 is 5.97 Å². The fourth-order valence-electron chi connectivity index (χ4n) is 2.52. The van der Waals surface area contributed by atoms with Crippen molar-refractivity contribution < 1.29 is 24.5 Å². The Bertz CT molecular complexity index is 332. The van der Waals surface area contributed by atoms with Crippen LogP contribution >= 0.6 is 0 Å². The quantitative estimate of drug-likeness (QED) is 0.680. The number of β-amino-alcohol motifs (C(OH)–C–C–N with tert-alkyl or cyclic N) is 1. The van der Waals surface area contributed by atoms with Crippen molar-refractivity contribution in [3.8, 4) is 0 Å². The van der Waals surface area contributed by atoms with Gasteiger partial charge in [0.2, 0.25) is 5.91 Å². The molecule has 2 aliphatic heterocycles. The number of amides is 1. The average molecular weight is 243 g/mol. The molecule has 2 aliphatic rings. The monoisotopic (exact) mass is 243 g/mol. The van der Waals surface area contributed by atoms with Gasteiger partial charge in [-0.3, -0.25) is 4.79 Å². The largest absolute Gasteiger partial charge is 0.480 e. The normalized spacial score (nSPS) is 37.4. The molecule has 2 N–H and O–H groups in total. The molecule has 2 fully saturated rings. The molecule has 96 valence electrons. The minimum Gasteiger partial charge on any atom is -0.480 e. The molecule has 1 amide bonds. The van der Waals surface area contributed by atoms with Gasteiger partial charge in [-0.15, -0.1) is 0 Å². The van der Waals surface area contributed by atoms with E-state index in [9.17, 15) is 14.7 Å². The summed E-state index contributed by atoms with van der Waals surface area (Å²) < 4.78 is 5.31. The second kappa shape index (κ2) is 4.62. The molecule has 0 aromatic heterocycles. The van der Waals surface area contributed by atoms with Crippen molar-refractivity contribution in [2.75, 3.05) is 13.2 Å².